The molecule has 1 aliphatic rings. The van der Waals surface area contributed by atoms with E-state index >= 15 is 0 Å². The number of urea groups is 1. The Morgan fingerprint density at radius 3 is 2.26 bits per heavy atom. The maximum absolute atomic E-state index is 13.1. The summed E-state index contributed by atoms with van der Waals surface area (Å²) in [6, 6.07) is 11.8. The van der Waals surface area contributed by atoms with Gasteiger partial charge in [0.2, 0.25) is 0 Å². The molecule has 1 saturated heterocycles. The first-order valence-corrected chi connectivity index (χ1v) is 9.63. The van der Waals surface area contributed by atoms with E-state index < -0.39 is 17.8 Å². The fourth-order valence-electron chi connectivity index (χ4n) is 3.34. The molecule has 3 aromatic rings. The fourth-order valence-corrected chi connectivity index (χ4v) is 3.34. The SMILES string of the molecule is O=C(Nc1ccccc1C(F)(F)F)N1CCN(c2ccc(-c3ccncc3)nn2)CC1. The lowest BCUT2D eigenvalue weighted by Gasteiger charge is -2.35. The maximum Gasteiger partial charge on any atom is 0.418 e. The van der Waals surface area contributed by atoms with Crippen LogP contribution < -0.4 is 10.2 Å². The van der Waals surface area contributed by atoms with Crippen LogP contribution in [0.5, 0.6) is 0 Å². The number of halogens is 3. The van der Waals surface area contributed by atoms with Crippen LogP contribution >= 0.6 is 0 Å². The largest absolute Gasteiger partial charge is 0.418 e. The van der Waals surface area contributed by atoms with Crippen molar-refractivity contribution in [2.24, 2.45) is 0 Å². The van der Waals surface area contributed by atoms with Crippen molar-refractivity contribution in [2.45, 2.75) is 6.18 Å². The van der Waals surface area contributed by atoms with Gasteiger partial charge in [-0.05, 0) is 36.4 Å². The van der Waals surface area contributed by atoms with Gasteiger partial charge < -0.3 is 15.1 Å². The standard InChI is InChI=1S/C21H19F3N6O/c22-21(23,24)16-3-1-2-4-18(16)26-20(31)30-13-11-29(12-14-30)19-6-5-17(27-28-19)15-7-9-25-10-8-15/h1-10H,11-14H2,(H,26,31). The van der Waals surface area contributed by atoms with Crippen LogP contribution in [0.4, 0.5) is 29.5 Å². The third kappa shape index (κ3) is 4.73. The van der Waals surface area contributed by atoms with E-state index in [1.165, 1.54) is 23.1 Å². The Hall–Kier alpha value is -3.69. The topological polar surface area (TPSA) is 74.2 Å². The summed E-state index contributed by atoms with van der Waals surface area (Å²) in [5.41, 5.74) is 0.522. The number of hydrogen-bond donors (Lipinski definition) is 1. The number of hydrogen-bond acceptors (Lipinski definition) is 5. The Kier molecular flexibility index (Phi) is 5.70. The molecule has 160 valence electrons. The molecule has 10 heteroatoms. The smallest absolute Gasteiger partial charge is 0.352 e. The molecule has 2 aromatic heterocycles. The highest BCUT2D eigenvalue weighted by Gasteiger charge is 2.34. The highest BCUT2D eigenvalue weighted by atomic mass is 19.4. The minimum Gasteiger partial charge on any atom is -0.352 e. The van der Waals surface area contributed by atoms with Gasteiger partial charge in [0.25, 0.3) is 0 Å². The Morgan fingerprint density at radius 2 is 1.61 bits per heavy atom. The van der Waals surface area contributed by atoms with Crippen molar-refractivity contribution in [3.05, 3.63) is 66.5 Å². The second-order valence-electron chi connectivity index (χ2n) is 6.96. The number of carbonyl (C=O) groups is 1. The number of nitrogens with zero attached hydrogens (tertiary/aromatic N) is 5. The van der Waals surface area contributed by atoms with E-state index in [-0.39, 0.29) is 5.69 Å². The number of alkyl halides is 3. The minimum atomic E-state index is -4.54. The first-order chi connectivity index (χ1) is 14.9. The van der Waals surface area contributed by atoms with E-state index in [9.17, 15) is 18.0 Å². The molecule has 0 atom stereocenters. The molecule has 2 amide bonds. The number of carbonyl (C=O) groups excluding carboxylic acids is 1. The van der Waals surface area contributed by atoms with Crippen LogP contribution in [-0.4, -0.2) is 52.3 Å². The van der Waals surface area contributed by atoms with Gasteiger partial charge in [-0.15, -0.1) is 10.2 Å². The molecule has 0 bridgehead atoms. The summed E-state index contributed by atoms with van der Waals surface area (Å²) in [4.78, 5) is 19.9. The van der Waals surface area contributed by atoms with Crippen molar-refractivity contribution in [1.82, 2.24) is 20.1 Å². The van der Waals surface area contributed by atoms with Gasteiger partial charge in [0.05, 0.1) is 16.9 Å². The van der Waals surface area contributed by atoms with Crippen LogP contribution in [0.15, 0.2) is 60.9 Å². The highest BCUT2D eigenvalue weighted by Crippen LogP contribution is 2.34. The molecule has 1 N–H and O–H groups in total. The molecule has 0 radical (unpaired) electrons. The van der Waals surface area contributed by atoms with Gasteiger partial charge in [-0.1, -0.05) is 12.1 Å². The van der Waals surface area contributed by atoms with E-state index in [0.717, 1.165) is 17.3 Å². The lowest BCUT2D eigenvalue weighted by molar-refractivity contribution is -0.136. The molecule has 1 aromatic carbocycles. The first-order valence-electron chi connectivity index (χ1n) is 9.63. The Morgan fingerprint density at radius 1 is 0.903 bits per heavy atom. The van der Waals surface area contributed by atoms with Crippen molar-refractivity contribution in [2.75, 3.05) is 36.4 Å². The predicted octanol–water partition coefficient (Wildman–Crippen LogP) is 3.91. The van der Waals surface area contributed by atoms with E-state index in [0.29, 0.717) is 32.0 Å². The lowest BCUT2D eigenvalue weighted by atomic mass is 10.1. The second-order valence-corrected chi connectivity index (χ2v) is 6.96. The summed E-state index contributed by atoms with van der Waals surface area (Å²) in [5, 5.41) is 10.9. The zero-order chi connectivity index (χ0) is 21.8. The number of piperazine rings is 1. The van der Waals surface area contributed by atoms with Gasteiger partial charge in [-0.2, -0.15) is 13.2 Å². The van der Waals surface area contributed by atoms with Gasteiger partial charge in [-0.3, -0.25) is 4.98 Å². The van der Waals surface area contributed by atoms with E-state index in [4.69, 9.17) is 0 Å². The van der Waals surface area contributed by atoms with Crippen molar-refractivity contribution in [1.29, 1.82) is 0 Å². The van der Waals surface area contributed by atoms with E-state index in [1.54, 1.807) is 12.4 Å². The van der Waals surface area contributed by atoms with E-state index in [2.05, 4.69) is 20.5 Å². The molecule has 1 aliphatic heterocycles. The fraction of sp³-hybridized carbons (Fsp3) is 0.238. The van der Waals surface area contributed by atoms with Crippen LogP contribution in [0.1, 0.15) is 5.56 Å². The molecular weight excluding hydrogens is 409 g/mol. The Bertz CT molecular complexity index is 1030. The summed E-state index contributed by atoms with van der Waals surface area (Å²) in [7, 11) is 0. The third-order valence-corrected chi connectivity index (χ3v) is 4.99. The number of pyridine rings is 1. The number of anilines is 2. The lowest BCUT2D eigenvalue weighted by Crippen LogP contribution is -2.50. The summed E-state index contributed by atoms with van der Waals surface area (Å²) in [6.07, 6.45) is -1.17. The molecule has 0 unspecified atom stereocenters. The molecule has 3 heterocycles. The molecule has 0 aliphatic carbocycles. The number of nitrogens with one attached hydrogen (secondary N) is 1. The zero-order valence-electron chi connectivity index (χ0n) is 16.4. The average molecular weight is 428 g/mol. The summed E-state index contributed by atoms with van der Waals surface area (Å²) < 4.78 is 39.4. The molecular formula is C21H19F3N6O. The van der Waals surface area contributed by atoms with Crippen LogP contribution in [-0.2, 0) is 6.18 Å². The number of rotatable bonds is 3. The maximum atomic E-state index is 13.1. The van der Waals surface area contributed by atoms with Crippen LogP contribution in [0.25, 0.3) is 11.3 Å². The van der Waals surface area contributed by atoms with Crippen molar-refractivity contribution >= 4 is 17.5 Å². The summed E-state index contributed by atoms with van der Waals surface area (Å²) >= 11 is 0. The number of aromatic nitrogens is 3. The normalized spacial score (nSPS) is 14.4. The molecule has 0 saturated carbocycles. The Balaban J connectivity index is 1.36. The van der Waals surface area contributed by atoms with Gasteiger partial charge in [0.15, 0.2) is 5.82 Å². The number of benzene rings is 1. The van der Waals surface area contributed by atoms with Crippen LogP contribution in [0.3, 0.4) is 0 Å². The molecule has 31 heavy (non-hydrogen) atoms. The van der Waals surface area contributed by atoms with Crippen molar-refractivity contribution in [3.63, 3.8) is 0 Å². The summed E-state index contributed by atoms with van der Waals surface area (Å²) in [6.45, 7) is 1.71. The van der Waals surface area contributed by atoms with E-state index in [1.807, 2.05) is 29.2 Å². The van der Waals surface area contributed by atoms with Gasteiger partial charge >= 0.3 is 12.2 Å². The monoisotopic (exact) mass is 428 g/mol. The minimum absolute atomic E-state index is 0.250. The average Bonchev–Trinajstić information content (AvgIpc) is 2.79. The second kappa shape index (κ2) is 8.58. The van der Waals surface area contributed by atoms with Crippen molar-refractivity contribution < 1.29 is 18.0 Å². The van der Waals surface area contributed by atoms with Gasteiger partial charge in [-0.25, -0.2) is 4.79 Å². The third-order valence-electron chi connectivity index (χ3n) is 4.99. The quantitative estimate of drug-likeness (QED) is 0.685. The zero-order valence-corrected chi connectivity index (χ0v) is 16.4. The molecule has 4 rings (SSSR count). The molecule has 0 spiro atoms. The molecule has 1 fully saturated rings. The van der Waals surface area contributed by atoms with Gasteiger partial charge in [0, 0.05) is 44.1 Å². The molecule has 7 nitrogen and oxygen atoms in total. The Labute approximate surface area is 176 Å². The number of amides is 2. The van der Waals surface area contributed by atoms with Crippen LogP contribution in [0.2, 0.25) is 0 Å². The highest BCUT2D eigenvalue weighted by molar-refractivity contribution is 5.90. The van der Waals surface area contributed by atoms with Crippen LogP contribution in [0, 0.1) is 0 Å². The van der Waals surface area contributed by atoms with Crippen molar-refractivity contribution in [3.8, 4) is 11.3 Å². The predicted molar refractivity (Wildman–Crippen MR) is 110 cm³/mol. The number of para-hydroxylation sites is 1. The first kappa shape index (κ1) is 20.6. The summed E-state index contributed by atoms with van der Waals surface area (Å²) in [5.74, 6) is 0.681. The van der Waals surface area contributed by atoms with Gasteiger partial charge in [0.1, 0.15) is 0 Å².